The Morgan fingerprint density at radius 2 is 1.59 bits per heavy atom. The molecule has 0 unspecified atom stereocenters. The van der Waals surface area contributed by atoms with Gasteiger partial charge in [0.2, 0.25) is 0 Å². The molecule has 0 fully saturated rings. The van der Waals surface area contributed by atoms with Crippen LogP contribution in [0.2, 0.25) is 5.02 Å². The van der Waals surface area contributed by atoms with Gasteiger partial charge in [-0.15, -0.1) is 0 Å². The van der Waals surface area contributed by atoms with E-state index in [1.807, 2.05) is 38.1 Å². The standard InChI is InChI=1S/C24H22ClNO/c1-17(2)27-21-13-9-19(10-14-21)23-16-26(24-6-4-3-5-22(23)24)15-18-7-11-20(25)12-8-18/h3-14,16-17H,15H2,1-2H3. The number of nitrogens with zero attached hydrogens (tertiary/aromatic N) is 1. The van der Waals surface area contributed by atoms with Crippen molar-refractivity contribution in [3.8, 4) is 16.9 Å². The lowest BCUT2D eigenvalue weighted by Gasteiger charge is -2.10. The monoisotopic (exact) mass is 375 g/mol. The Morgan fingerprint density at radius 1 is 0.889 bits per heavy atom. The van der Waals surface area contributed by atoms with Crippen LogP contribution in [-0.4, -0.2) is 10.7 Å². The SMILES string of the molecule is CC(C)Oc1ccc(-c2cn(Cc3ccc(Cl)cc3)c3ccccc23)cc1. The summed E-state index contributed by atoms with van der Waals surface area (Å²) in [6.07, 6.45) is 2.41. The fourth-order valence-corrected chi connectivity index (χ4v) is 3.51. The van der Waals surface area contributed by atoms with Gasteiger partial charge in [0, 0.05) is 34.2 Å². The molecule has 3 heteroatoms. The quantitative estimate of drug-likeness (QED) is 0.374. The lowest BCUT2D eigenvalue weighted by Crippen LogP contribution is -2.05. The summed E-state index contributed by atoms with van der Waals surface area (Å²) >= 11 is 6.02. The average molecular weight is 376 g/mol. The summed E-state index contributed by atoms with van der Waals surface area (Å²) in [7, 11) is 0. The van der Waals surface area contributed by atoms with Crippen molar-refractivity contribution in [3.05, 3.63) is 89.6 Å². The van der Waals surface area contributed by atoms with E-state index in [1.165, 1.54) is 27.6 Å². The number of fused-ring (bicyclic) bond motifs is 1. The second-order valence-corrected chi connectivity index (χ2v) is 7.44. The summed E-state index contributed by atoms with van der Waals surface area (Å²) in [5.74, 6) is 0.902. The van der Waals surface area contributed by atoms with E-state index in [2.05, 4.69) is 59.3 Å². The molecule has 0 saturated heterocycles. The fraction of sp³-hybridized carbons (Fsp3) is 0.167. The molecule has 1 heterocycles. The van der Waals surface area contributed by atoms with Gasteiger partial charge in [-0.25, -0.2) is 0 Å². The van der Waals surface area contributed by atoms with Crippen LogP contribution in [0.3, 0.4) is 0 Å². The van der Waals surface area contributed by atoms with Crippen molar-refractivity contribution in [2.24, 2.45) is 0 Å². The third kappa shape index (κ3) is 3.86. The highest BCUT2D eigenvalue weighted by atomic mass is 35.5. The van der Waals surface area contributed by atoms with Crippen LogP contribution in [0.5, 0.6) is 5.75 Å². The fourth-order valence-electron chi connectivity index (χ4n) is 3.38. The van der Waals surface area contributed by atoms with Gasteiger partial charge in [0.1, 0.15) is 5.75 Å². The highest BCUT2D eigenvalue weighted by molar-refractivity contribution is 6.30. The molecule has 0 N–H and O–H groups in total. The predicted molar refractivity (Wildman–Crippen MR) is 114 cm³/mol. The molecule has 4 aromatic rings. The van der Waals surface area contributed by atoms with E-state index in [4.69, 9.17) is 16.3 Å². The van der Waals surface area contributed by atoms with Crippen LogP contribution in [0.1, 0.15) is 19.4 Å². The van der Waals surface area contributed by atoms with E-state index in [-0.39, 0.29) is 6.10 Å². The first kappa shape index (κ1) is 17.7. The van der Waals surface area contributed by atoms with Crippen molar-refractivity contribution in [3.63, 3.8) is 0 Å². The zero-order valence-corrected chi connectivity index (χ0v) is 16.3. The number of benzene rings is 3. The van der Waals surface area contributed by atoms with Crippen LogP contribution < -0.4 is 4.74 Å². The van der Waals surface area contributed by atoms with Crippen LogP contribution in [0.4, 0.5) is 0 Å². The molecule has 136 valence electrons. The summed E-state index contributed by atoms with van der Waals surface area (Å²) in [5.41, 5.74) is 4.88. The van der Waals surface area contributed by atoms with Gasteiger partial charge in [0.05, 0.1) is 6.10 Å². The van der Waals surface area contributed by atoms with Crippen molar-refractivity contribution in [1.29, 1.82) is 0 Å². The highest BCUT2D eigenvalue weighted by Crippen LogP contribution is 2.32. The molecule has 0 radical (unpaired) electrons. The third-order valence-corrected chi connectivity index (χ3v) is 4.84. The second kappa shape index (κ2) is 7.50. The van der Waals surface area contributed by atoms with Crippen molar-refractivity contribution in [2.75, 3.05) is 0 Å². The molecular weight excluding hydrogens is 354 g/mol. The zero-order valence-electron chi connectivity index (χ0n) is 15.5. The Bertz CT molecular complexity index is 1050. The van der Waals surface area contributed by atoms with E-state index < -0.39 is 0 Å². The van der Waals surface area contributed by atoms with E-state index in [1.54, 1.807) is 0 Å². The van der Waals surface area contributed by atoms with E-state index in [0.717, 1.165) is 17.3 Å². The molecule has 0 bridgehead atoms. The maximum absolute atomic E-state index is 6.02. The Morgan fingerprint density at radius 3 is 2.30 bits per heavy atom. The van der Waals surface area contributed by atoms with Crippen LogP contribution in [-0.2, 0) is 6.54 Å². The lowest BCUT2D eigenvalue weighted by molar-refractivity contribution is 0.242. The number of halogens is 1. The summed E-state index contributed by atoms with van der Waals surface area (Å²) < 4.78 is 8.07. The average Bonchev–Trinajstić information content (AvgIpc) is 3.02. The Hall–Kier alpha value is -2.71. The normalized spacial score (nSPS) is 11.3. The maximum Gasteiger partial charge on any atom is 0.119 e. The van der Waals surface area contributed by atoms with Gasteiger partial charge in [-0.3, -0.25) is 0 Å². The molecule has 0 saturated carbocycles. The van der Waals surface area contributed by atoms with Gasteiger partial charge in [-0.1, -0.05) is 54.1 Å². The molecule has 0 aliphatic carbocycles. The second-order valence-electron chi connectivity index (χ2n) is 7.01. The summed E-state index contributed by atoms with van der Waals surface area (Å²) in [6.45, 7) is 4.89. The predicted octanol–water partition coefficient (Wildman–Crippen LogP) is 6.80. The number of para-hydroxylation sites is 1. The van der Waals surface area contributed by atoms with Gasteiger partial charge in [0.15, 0.2) is 0 Å². The minimum Gasteiger partial charge on any atom is -0.491 e. The molecule has 0 aliphatic heterocycles. The molecule has 0 atom stereocenters. The van der Waals surface area contributed by atoms with Gasteiger partial charge in [-0.2, -0.15) is 0 Å². The Kier molecular flexibility index (Phi) is 4.91. The summed E-state index contributed by atoms with van der Waals surface area (Å²) in [5, 5.41) is 2.02. The minimum atomic E-state index is 0.178. The van der Waals surface area contributed by atoms with Crippen LogP contribution >= 0.6 is 11.6 Å². The lowest BCUT2D eigenvalue weighted by atomic mass is 10.0. The van der Waals surface area contributed by atoms with Gasteiger partial charge in [0.25, 0.3) is 0 Å². The van der Waals surface area contributed by atoms with Crippen LogP contribution in [0.25, 0.3) is 22.0 Å². The van der Waals surface area contributed by atoms with Crippen molar-refractivity contribution >= 4 is 22.5 Å². The number of aromatic nitrogens is 1. The summed E-state index contributed by atoms with van der Waals surface area (Å²) in [4.78, 5) is 0. The largest absolute Gasteiger partial charge is 0.491 e. The first-order valence-electron chi connectivity index (χ1n) is 9.19. The van der Waals surface area contributed by atoms with Gasteiger partial charge in [-0.05, 0) is 55.3 Å². The number of ether oxygens (including phenoxy) is 1. The topological polar surface area (TPSA) is 14.2 Å². The van der Waals surface area contributed by atoms with E-state index in [9.17, 15) is 0 Å². The first-order valence-corrected chi connectivity index (χ1v) is 9.57. The number of hydrogen-bond donors (Lipinski definition) is 0. The Labute approximate surface area is 165 Å². The van der Waals surface area contributed by atoms with Crippen LogP contribution in [0, 0.1) is 0 Å². The molecule has 2 nitrogen and oxygen atoms in total. The molecule has 27 heavy (non-hydrogen) atoms. The molecule has 4 rings (SSSR count). The molecule has 1 aromatic heterocycles. The molecule has 0 aliphatic rings. The zero-order chi connectivity index (χ0) is 18.8. The number of hydrogen-bond acceptors (Lipinski definition) is 1. The molecule has 3 aromatic carbocycles. The maximum atomic E-state index is 6.02. The van der Waals surface area contributed by atoms with Crippen molar-refractivity contribution in [1.82, 2.24) is 4.57 Å². The van der Waals surface area contributed by atoms with Gasteiger partial charge >= 0.3 is 0 Å². The number of rotatable bonds is 5. The summed E-state index contributed by atoms with van der Waals surface area (Å²) in [6, 6.07) is 24.9. The highest BCUT2D eigenvalue weighted by Gasteiger charge is 2.11. The van der Waals surface area contributed by atoms with E-state index in [0.29, 0.717) is 0 Å². The van der Waals surface area contributed by atoms with Crippen molar-refractivity contribution in [2.45, 2.75) is 26.5 Å². The molecular formula is C24H22ClNO. The van der Waals surface area contributed by atoms with Gasteiger partial charge < -0.3 is 9.30 Å². The first-order chi connectivity index (χ1) is 13.1. The van der Waals surface area contributed by atoms with Crippen LogP contribution in [0.15, 0.2) is 79.0 Å². The smallest absolute Gasteiger partial charge is 0.119 e. The Balaban J connectivity index is 1.72. The minimum absolute atomic E-state index is 0.178. The van der Waals surface area contributed by atoms with Crippen molar-refractivity contribution < 1.29 is 4.74 Å². The van der Waals surface area contributed by atoms with E-state index >= 15 is 0 Å². The molecule has 0 amide bonds. The third-order valence-electron chi connectivity index (χ3n) is 4.59. The molecule has 0 spiro atoms.